The lowest BCUT2D eigenvalue weighted by Gasteiger charge is -2.37. The first-order valence-electron chi connectivity index (χ1n) is 13.9. The first-order valence-corrected chi connectivity index (χ1v) is 13.9. The molecule has 38 heavy (non-hydrogen) atoms. The normalized spacial score (nSPS) is 19.4. The molecule has 1 amide bonds. The Kier molecular flexibility index (Phi) is 7.40. The number of rotatable bonds is 9. The Labute approximate surface area is 224 Å². The second-order valence-electron chi connectivity index (χ2n) is 10.8. The maximum absolute atomic E-state index is 13.3. The Morgan fingerprint density at radius 2 is 1.92 bits per heavy atom. The number of ether oxygens (including phenoxy) is 1. The van der Waals surface area contributed by atoms with Crippen molar-refractivity contribution < 1.29 is 9.53 Å². The molecule has 6 rings (SSSR count). The predicted octanol–water partition coefficient (Wildman–Crippen LogP) is 4.93. The number of fused-ring (bicyclic) bond motifs is 2. The zero-order chi connectivity index (χ0) is 25.7. The minimum Gasteiger partial charge on any atom is -0.493 e. The Balaban J connectivity index is 1.09. The van der Waals surface area contributed by atoms with Crippen LogP contribution in [0.1, 0.15) is 35.1 Å². The molecule has 4 aromatic rings. The number of aromatic nitrogens is 2. The van der Waals surface area contributed by atoms with Crippen LogP contribution in [0, 0.1) is 11.8 Å². The molecule has 2 atom stereocenters. The molecule has 0 saturated carbocycles. The van der Waals surface area contributed by atoms with Crippen LogP contribution in [-0.4, -0.2) is 47.0 Å². The highest BCUT2D eigenvalue weighted by Gasteiger charge is 2.32. The highest BCUT2D eigenvalue weighted by Crippen LogP contribution is 2.28. The third-order valence-electron chi connectivity index (χ3n) is 8.06. The molecule has 0 unspecified atom stereocenters. The van der Waals surface area contributed by atoms with E-state index in [-0.39, 0.29) is 11.8 Å². The van der Waals surface area contributed by atoms with E-state index in [9.17, 15) is 4.79 Å². The molecule has 0 bridgehead atoms. The van der Waals surface area contributed by atoms with Crippen molar-refractivity contribution in [2.75, 3.05) is 26.2 Å². The standard InChI is InChI=1S/C32H36N4O2/c37-32(34-15-12-27-18-35-31-7-2-1-6-30(27)31)28-16-24(20-36(21-28)19-23-10-13-33-14-11-23)22-38-29-9-8-25-4-3-5-26(25)17-29/h1-2,6-11,13-14,17-18,24,28,35H,3-5,12,15-16,19-22H2,(H,34,37)/t24-,28+/m0/s1. The van der Waals surface area contributed by atoms with Crippen molar-refractivity contribution in [3.05, 3.63) is 95.4 Å². The van der Waals surface area contributed by atoms with Gasteiger partial charge in [-0.15, -0.1) is 0 Å². The van der Waals surface area contributed by atoms with Gasteiger partial charge in [-0.25, -0.2) is 0 Å². The summed E-state index contributed by atoms with van der Waals surface area (Å²) in [7, 11) is 0. The van der Waals surface area contributed by atoms with Crippen LogP contribution in [0.3, 0.4) is 0 Å². The number of benzene rings is 2. The maximum atomic E-state index is 13.3. The highest BCUT2D eigenvalue weighted by molar-refractivity contribution is 5.83. The van der Waals surface area contributed by atoms with E-state index in [0.717, 1.165) is 50.2 Å². The van der Waals surface area contributed by atoms with Gasteiger partial charge >= 0.3 is 0 Å². The van der Waals surface area contributed by atoms with E-state index in [1.165, 1.54) is 40.5 Å². The predicted molar refractivity (Wildman–Crippen MR) is 150 cm³/mol. The molecule has 1 aliphatic carbocycles. The summed E-state index contributed by atoms with van der Waals surface area (Å²) in [4.78, 5) is 23.2. The van der Waals surface area contributed by atoms with Gasteiger partial charge in [-0.1, -0.05) is 24.3 Å². The number of hydrogen-bond acceptors (Lipinski definition) is 4. The minimum absolute atomic E-state index is 0.0535. The number of H-pyrrole nitrogens is 1. The smallest absolute Gasteiger partial charge is 0.224 e. The molecule has 1 aliphatic heterocycles. The fourth-order valence-corrected chi connectivity index (χ4v) is 6.14. The summed E-state index contributed by atoms with van der Waals surface area (Å²) < 4.78 is 6.30. The third kappa shape index (κ3) is 5.76. The minimum atomic E-state index is -0.0535. The summed E-state index contributed by atoms with van der Waals surface area (Å²) in [5.41, 5.74) is 6.49. The van der Waals surface area contributed by atoms with Crippen LogP contribution in [-0.2, 0) is 30.6 Å². The van der Waals surface area contributed by atoms with Crippen molar-refractivity contribution in [1.29, 1.82) is 0 Å². The lowest BCUT2D eigenvalue weighted by Crippen LogP contribution is -2.47. The third-order valence-corrected chi connectivity index (χ3v) is 8.06. The SMILES string of the molecule is O=C(NCCc1c[nH]c2ccccc12)[C@@H]1C[C@H](COc2ccc3c(c2)CCC3)CN(Cc2ccncc2)C1. The van der Waals surface area contributed by atoms with Crippen molar-refractivity contribution in [2.45, 2.75) is 38.6 Å². The zero-order valence-electron chi connectivity index (χ0n) is 21.9. The number of carbonyl (C=O) groups is 1. The number of piperidine rings is 1. The lowest BCUT2D eigenvalue weighted by molar-refractivity contribution is -0.127. The Morgan fingerprint density at radius 1 is 1.05 bits per heavy atom. The van der Waals surface area contributed by atoms with E-state index >= 15 is 0 Å². The fourth-order valence-electron chi connectivity index (χ4n) is 6.14. The van der Waals surface area contributed by atoms with Crippen molar-refractivity contribution in [1.82, 2.24) is 20.2 Å². The fraction of sp³-hybridized carbons (Fsp3) is 0.375. The Bertz CT molecular complexity index is 1380. The van der Waals surface area contributed by atoms with E-state index in [4.69, 9.17) is 4.74 Å². The lowest BCUT2D eigenvalue weighted by atomic mass is 9.88. The van der Waals surface area contributed by atoms with E-state index in [1.54, 1.807) is 0 Å². The van der Waals surface area contributed by atoms with Gasteiger partial charge in [-0.2, -0.15) is 0 Å². The maximum Gasteiger partial charge on any atom is 0.224 e. The number of hydrogen-bond donors (Lipinski definition) is 2. The highest BCUT2D eigenvalue weighted by atomic mass is 16.5. The van der Waals surface area contributed by atoms with Crippen LogP contribution < -0.4 is 10.1 Å². The molecule has 6 heteroatoms. The molecule has 6 nitrogen and oxygen atoms in total. The van der Waals surface area contributed by atoms with Crippen LogP contribution in [0.15, 0.2) is 73.2 Å². The Hall–Kier alpha value is -3.64. The summed E-state index contributed by atoms with van der Waals surface area (Å²) >= 11 is 0. The van der Waals surface area contributed by atoms with Gasteiger partial charge in [0.1, 0.15) is 5.75 Å². The number of likely N-dealkylation sites (tertiary alicyclic amines) is 1. The van der Waals surface area contributed by atoms with Gasteiger partial charge in [0.15, 0.2) is 0 Å². The summed E-state index contributed by atoms with van der Waals surface area (Å²) in [5.74, 6) is 1.34. The topological polar surface area (TPSA) is 70.2 Å². The van der Waals surface area contributed by atoms with Crippen LogP contribution >= 0.6 is 0 Å². The second kappa shape index (κ2) is 11.4. The second-order valence-corrected chi connectivity index (χ2v) is 10.8. The largest absolute Gasteiger partial charge is 0.493 e. The van der Waals surface area contributed by atoms with Gasteiger partial charge in [0.25, 0.3) is 0 Å². The molecule has 2 N–H and O–H groups in total. The molecular formula is C32H36N4O2. The molecule has 2 aromatic carbocycles. The molecule has 3 heterocycles. The average molecular weight is 509 g/mol. The summed E-state index contributed by atoms with van der Waals surface area (Å²) in [6, 6.07) is 19.0. The summed E-state index contributed by atoms with van der Waals surface area (Å²) in [5, 5.41) is 4.46. The number of nitrogens with zero attached hydrogens (tertiary/aromatic N) is 2. The summed E-state index contributed by atoms with van der Waals surface area (Å²) in [6.07, 6.45) is 11.0. The van der Waals surface area contributed by atoms with Crippen LogP contribution in [0.2, 0.25) is 0 Å². The van der Waals surface area contributed by atoms with E-state index < -0.39 is 0 Å². The van der Waals surface area contributed by atoms with Gasteiger partial charge in [0.05, 0.1) is 12.5 Å². The summed E-state index contributed by atoms with van der Waals surface area (Å²) in [6.45, 7) is 3.77. The first kappa shape index (κ1) is 24.7. The molecule has 0 radical (unpaired) electrons. The van der Waals surface area contributed by atoms with Gasteiger partial charge in [0, 0.05) is 61.6 Å². The van der Waals surface area contributed by atoms with Crippen molar-refractivity contribution in [3.63, 3.8) is 0 Å². The van der Waals surface area contributed by atoms with Gasteiger partial charge in [-0.05, 0) is 84.7 Å². The van der Waals surface area contributed by atoms with Crippen molar-refractivity contribution >= 4 is 16.8 Å². The molecule has 2 aliphatic rings. The molecule has 0 spiro atoms. The number of nitrogens with one attached hydrogen (secondary N) is 2. The van der Waals surface area contributed by atoms with Crippen LogP contribution in [0.5, 0.6) is 5.75 Å². The Morgan fingerprint density at radius 3 is 2.84 bits per heavy atom. The molecule has 1 saturated heterocycles. The molecular weight excluding hydrogens is 472 g/mol. The number of amides is 1. The number of aryl methyl sites for hydroxylation is 2. The molecule has 1 fully saturated rings. The van der Waals surface area contributed by atoms with E-state index in [2.05, 4.69) is 74.9 Å². The quantitative estimate of drug-likeness (QED) is 0.336. The average Bonchev–Trinajstić information content (AvgIpc) is 3.59. The van der Waals surface area contributed by atoms with Crippen LogP contribution in [0.4, 0.5) is 0 Å². The first-order chi connectivity index (χ1) is 18.7. The van der Waals surface area contributed by atoms with Crippen molar-refractivity contribution in [3.8, 4) is 5.75 Å². The molecule has 2 aromatic heterocycles. The van der Waals surface area contributed by atoms with Gasteiger partial charge in [-0.3, -0.25) is 14.7 Å². The van der Waals surface area contributed by atoms with Gasteiger partial charge in [0.2, 0.25) is 5.91 Å². The van der Waals surface area contributed by atoms with Crippen LogP contribution in [0.25, 0.3) is 10.9 Å². The monoisotopic (exact) mass is 508 g/mol. The zero-order valence-corrected chi connectivity index (χ0v) is 21.9. The van der Waals surface area contributed by atoms with E-state index in [0.29, 0.717) is 19.1 Å². The number of pyridine rings is 1. The number of carbonyl (C=O) groups excluding carboxylic acids is 1. The van der Waals surface area contributed by atoms with E-state index in [1.807, 2.05) is 18.5 Å². The number of aromatic amines is 1. The number of para-hydroxylation sites is 1. The van der Waals surface area contributed by atoms with Gasteiger partial charge < -0.3 is 15.0 Å². The van der Waals surface area contributed by atoms with Crippen molar-refractivity contribution in [2.24, 2.45) is 11.8 Å². The molecule has 196 valence electrons.